The van der Waals surface area contributed by atoms with Crippen LogP contribution in [0.5, 0.6) is 0 Å². The third-order valence-corrected chi connectivity index (χ3v) is 3.17. The summed E-state index contributed by atoms with van der Waals surface area (Å²) in [6.07, 6.45) is 1.07. The fraction of sp³-hybridized carbons (Fsp3) is 0.909. The molecule has 0 spiro atoms. The number of ether oxygens (including phenoxy) is 3. The monoisotopic (exact) mass is 213 g/mol. The number of hydrogen-bond donors (Lipinski definition) is 0. The summed E-state index contributed by atoms with van der Waals surface area (Å²) in [5, 5.41) is 0. The van der Waals surface area contributed by atoms with Crippen LogP contribution in [0.2, 0.25) is 0 Å². The lowest BCUT2D eigenvalue weighted by Gasteiger charge is -2.53. The van der Waals surface area contributed by atoms with Crippen molar-refractivity contribution < 1.29 is 14.2 Å². The number of rotatable bonds is 3. The second-order valence-electron chi connectivity index (χ2n) is 4.88. The van der Waals surface area contributed by atoms with Gasteiger partial charge in [0.25, 0.3) is 0 Å². The van der Waals surface area contributed by atoms with E-state index in [-0.39, 0.29) is 11.6 Å². The first kappa shape index (κ1) is 10.9. The van der Waals surface area contributed by atoms with Crippen molar-refractivity contribution in [2.75, 3.05) is 7.11 Å². The molecule has 2 heterocycles. The van der Waals surface area contributed by atoms with E-state index in [0.717, 1.165) is 6.42 Å². The maximum Gasteiger partial charge on any atom is 0.357 e. The van der Waals surface area contributed by atoms with E-state index >= 15 is 0 Å². The Morgan fingerprint density at radius 3 is 2.73 bits per heavy atom. The molecular weight excluding hydrogens is 194 g/mol. The van der Waals surface area contributed by atoms with Crippen LogP contribution in [0.25, 0.3) is 0 Å². The molecule has 86 valence electrons. The standard InChI is InChI=1S/C11H19NO3/c1-7(2)6-9-10(4)11(13-5,15-9)14-8(3)12-10/h7,9H,6H2,1-5H3/t9-,10+,11-/m1/s1. The molecule has 0 bridgehead atoms. The van der Waals surface area contributed by atoms with E-state index < -0.39 is 5.97 Å². The van der Waals surface area contributed by atoms with E-state index in [0.29, 0.717) is 11.8 Å². The summed E-state index contributed by atoms with van der Waals surface area (Å²) in [6.45, 7) is 8.21. The quantitative estimate of drug-likeness (QED) is 0.719. The Bertz CT molecular complexity index is 302. The van der Waals surface area contributed by atoms with Gasteiger partial charge in [-0.2, -0.15) is 0 Å². The van der Waals surface area contributed by atoms with Crippen molar-refractivity contribution in [3.63, 3.8) is 0 Å². The molecule has 2 aliphatic heterocycles. The van der Waals surface area contributed by atoms with Crippen molar-refractivity contribution in [1.29, 1.82) is 0 Å². The summed E-state index contributed by atoms with van der Waals surface area (Å²) in [6, 6.07) is 0. The van der Waals surface area contributed by atoms with Gasteiger partial charge in [-0.05, 0) is 19.3 Å². The van der Waals surface area contributed by atoms with Crippen molar-refractivity contribution >= 4 is 5.90 Å². The minimum Gasteiger partial charge on any atom is -0.424 e. The highest BCUT2D eigenvalue weighted by atomic mass is 16.9. The van der Waals surface area contributed by atoms with E-state index in [4.69, 9.17) is 14.2 Å². The highest BCUT2D eigenvalue weighted by Crippen LogP contribution is 2.52. The highest BCUT2D eigenvalue weighted by molar-refractivity contribution is 5.76. The molecule has 15 heavy (non-hydrogen) atoms. The topological polar surface area (TPSA) is 40.0 Å². The van der Waals surface area contributed by atoms with Gasteiger partial charge in [-0.1, -0.05) is 13.8 Å². The van der Waals surface area contributed by atoms with Crippen LogP contribution in [-0.4, -0.2) is 30.6 Å². The molecule has 2 rings (SSSR count). The van der Waals surface area contributed by atoms with Crippen LogP contribution >= 0.6 is 0 Å². The average Bonchev–Trinajstić information content (AvgIpc) is 2.33. The van der Waals surface area contributed by atoms with Gasteiger partial charge in [0.1, 0.15) is 0 Å². The van der Waals surface area contributed by atoms with E-state index in [9.17, 15) is 0 Å². The minimum atomic E-state index is -0.962. The van der Waals surface area contributed by atoms with Crippen molar-refractivity contribution in [2.45, 2.75) is 51.7 Å². The van der Waals surface area contributed by atoms with Crippen LogP contribution in [0.1, 0.15) is 34.1 Å². The summed E-state index contributed by atoms with van der Waals surface area (Å²) in [7, 11) is 1.60. The summed E-state index contributed by atoms with van der Waals surface area (Å²) in [5.74, 6) is 0.264. The van der Waals surface area contributed by atoms with E-state index in [1.165, 1.54) is 0 Å². The van der Waals surface area contributed by atoms with Crippen molar-refractivity contribution in [3.8, 4) is 0 Å². The maximum atomic E-state index is 5.73. The number of fused-ring (bicyclic) bond motifs is 1. The predicted molar refractivity (Wildman–Crippen MR) is 56.7 cm³/mol. The zero-order chi connectivity index (χ0) is 11.3. The Morgan fingerprint density at radius 1 is 1.53 bits per heavy atom. The zero-order valence-corrected chi connectivity index (χ0v) is 10.0. The predicted octanol–water partition coefficient (Wildman–Crippen LogP) is 1.94. The molecule has 2 aliphatic rings. The Hall–Kier alpha value is -0.610. The molecule has 0 radical (unpaired) electrons. The first-order chi connectivity index (χ1) is 6.93. The zero-order valence-electron chi connectivity index (χ0n) is 10.0. The second-order valence-corrected chi connectivity index (χ2v) is 4.88. The maximum absolute atomic E-state index is 5.73. The van der Waals surface area contributed by atoms with E-state index in [1.54, 1.807) is 7.11 Å². The van der Waals surface area contributed by atoms with Crippen LogP contribution in [0.15, 0.2) is 4.99 Å². The van der Waals surface area contributed by atoms with Crippen molar-refractivity contribution in [1.82, 2.24) is 0 Å². The number of hydrogen-bond acceptors (Lipinski definition) is 4. The lowest BCUT2D eigenvalue weighted by molar-refractivity contribution is -0.457. The summed E-state index contributed by atoms with van der Waals surface area (Å²) in [4.78, 5) is 4.51. The molecule has 0 aromatic rings. The third kappa shape index (κ3) is 1.31. The molecule has 4 heteroatoms. The van der Waals surface area contributed by atoms with Gasteiger partial charge in [0.2, 0.25) is 0 Å². The molecule has 4 nitrogen and oxygen atoms in total. The third-order valence-electron chi connectivity index (χ3n) is 3.17. The molecule has 0 unspecified atom stereocenters. The first-order valence-electron chi connectivity index (χ1n) is 5.42. The van der Waals surface area contributed by atoms with Gasteiger partial charge in [-0.25, -0.2) is 4.99 Å². The summed E-state index contributed by atoms with van der Waals surface area (Å²) >= 11 is 0. The van der Waals surface area contributed by atoms with Crippen molar-refractivity contribution in [3.05, 3.63) is 0 Å². The largest absolute Gasteiger partial charge is 0.424 e. The highest BCUT2D eigenvalue weighted by Gasteiger charge is 2.72. The number of nitrogens with zero attached hydrogens (tertiary/aromatic N) is 1. The Kier molecular flexibility index (Phi) is 2.32. The van der Waals surface area contributed by atoms with Crippen LogP contribution in [0, 0.1) is 5.92 Å². The van der Waals surface area contributed by atoms with Crippen molar-refractivity contribution in [2.24, 2.45) is 10.9 Å². The molecule has 0 N–H and O–H groups in total. The van der Waals surface area contributed by atoms with Crippen LogP contribution < -0.4 is 0 Å². The Labute approximate surface area is 90.6 Å². The van der Waals surface area contributed by atoms with Crippen LogP contribution in [0.3, 0.4) is 0 Å². The van der Waals surface area contributed by atoms with Gasteiger partial charge in [-0.15, -0.1) is 0 Å². The molecular formula is C11H19NO3. The SMILES string of the molecule is CO[C@@]12OC(C)=N[C@@]1(C)[C@@H](CC(C)C)O2. The molecule has 1 fully saturated rings. The smallest absolute Gasteiger partial charge is 0.357 e. The first-order valence-corrected chi connectivity index (χ1v) is 5.42. The van der Waals surface area contributed by atoms with Gasteiger partial charge in [0.05, 0.1) is 6.10 Å². The lowest BCUT2D eigenvalue weighted by atomic mass is 9.82. The molecule has 1 saturated heterocycles. The van der Waals surface area contributed by atoms with Crippen LogP contribution in [0.4, 0.5) is 0 Å². The second kappa shape index (κ2) is 3.19. The van der Waals surface area contributed by atoms with Gasteiger partial charge >= 0.3 is 5.97 Å². The average molecular weight is 213 g/mol. The number of aliphatic imine (C=N–C) groups is 1. The fourth-order valence-corrected chi connectivity index (χ4v) is 2.37. The van der Waals surface area contributed by atoms with Gasteiger partial charge in [-0.3, -0.25) is 0 Å². The molecule has 0 aliphatic carbocycles. The summed E-state index contributed by atoms with van der Waals surface area (Å²) < 4.78 is 16.6. The van der Waals surface area contributed by atoms with Gasteiger partial charge in [0, 0.05) is 14.0 Å². The normalized spacial score (nSPS) is 43.3. The fourth-order valence-electron chi connectivity index (χ4n) is 2.37. The van der Waals surface area contributed by atoms with E-state index in [1.807, 2.05) is 13.8 Å². The van der Waals surface area contributed by atoms with E-state index in [2.05, 4.69) is 18.8 Å². The number of methoxy groups -OCH3 is 1. The molecule has 0 aromatic heterocycles. The molecule has 3 atom stereocenters. The molecule has 0 saturated carbocycles. The lowest BCUT2D eigenvalue weighted by Crippen LogP contribution is -2.71. The van der Waals surface area contributed by atoms with Gasteiger partial charge in [0.15, 0.2) is 11.4 Å². The minimum absolute atomic E-state index is 0.0925. The molecule has 0 amide bonds. The summed E-state index contributed by atoms with van der Waals surface area (Å²) in [5.41, 5.74) is -0.379. The van der Waals surface area contributed by atoms with Gasteiger partial charge < -0.3 is 14.2 Å². The Balaban J connectivity index is 2.17. The van der Waals surface area contributed by atoms with Crippen LogP contribution in [-0.2, 0) is 14.2 Å². The Morgan fingerprint density at radius 2 is 2.20 bits per heavy atom. The molecule has 0 aromatic carbocycles.